The van der Waals surface area contributed by atoms with Crippen LogP contribution in [0.4, 0.5) is 5.69 Å². The van der Waals surface area contributed by atoms with E-state index in [-0.39, 0.29) is 0 Å². The van der Waals surface area contributed by atoms with Crippen molar-refractivity contribution in [3.63, 3.8) is 0 Å². The Balaban J connectivity index is 2.19. The van der Waals surface area contributed by atoms with Crippen molar-refractivity contribution in [2.24, 2.45) is 4.99 Å². The van der Waals surface area contributed by atoms with Gasteiger partial charge in [0, 0.05) is 11.0 Å². The smallest absolute Gasteiger partial charge is 0.109 e. The highest BCUT2D eigenvalue weighted by Gasteiger charge is 2.28. The molecule has 0 aromatic heterocycles. The molecule has 1 fully saturated rings. The first-order valence-electron chi connectivity index (χ1n) is 6.76. The lowest BCUT2D eigenvalue weighted by Crippen LogP contribution is -2.22. The lowest BCUT2D eigenvalue weighted by Gasteiger charge is -2.21. The van der Waals surface area contributed by atoms with Gasteiger partial charge in [-0.25, -0.2) is 0 Å². The van der Waals surface area contributed by atoms with Crippen LogP contribution in [0.2, 0.25) is 19.6 Å². The van der Waals surface area contributed by atoms with Crippen LogP contribution in [-0.4, -0.2) is 18.2 Å². The standard InChI is InChI=1S/C15H23NSSi/c1-12-8-5-6-9-13(12)16-14-10-7-11-15(14)17-18(2,3)4/h5-6,8-9,15H,7,10-11H2,1-4H3. The van der Waals surface area contributed by atoms with E-state index in [1.54, 1.807) is 0 Å². The number of nitrogens with zero attached hydrogens (tertiary/aromatic N) is 1. The first-order valence-corrected chi connectivity index (χ1v) is 11.9. The average molecular weight is 278 g/mol. The zero-order chi connectivity index (χ0) is 13.2. The quantitative estimate of drug-likeness (QED) is 0.693. The molecule has 0 heterocycles. The van der Waals surface area contributed by atoms with E-state index >= 15 is 0 Å². The molecule has 1 saturated carbocycles. The van der Waals surface area contributed by atoms with Crippen molar-refractivity contribution in [2.45, 2.75) is 51.1 Å². The van der Waals surface area contributed by atoms with Gasteiger partial charge in [-0.1, -0.05) is 37.8 Å². The van der Waals surface area contributed by atoms with Crippen LogP contribution in [0.5, 0.6) is 0 Å². The van der Waals surface area contributed by atoms with Crippen LogP contribution in [0.25, 0.3) is 0 Å². The summed E-state index contributed by atoms with van der Waals surface area (Å²) >= 11 is 2.21. The van der Waals surface area contributed by atoms with Gasteiger partial charge >= 0.3 is 0 Å². The fourth-order valence-corrected chi connectivity index (χ4v) is 7.09. The molecular weight excluding hydrogens is 254 g/mol. The van der Waals surface area contributed by atoms with Gasteiger partial charge in [-0.05, 0) is 37.8 Å². The summed E-state index contributed by atoms with van der Waals surface area (Å²) in [5.41, 5.74) is 3.88. The minimum absolute atomic E-state index is 0.677. The molecule has 0 bridgehead atoms. The first-order chi connectivity index (χ1) is 8.46. The molecule has 2 rings (SSSR count). The van der Waals surface area contributed by atoms with Gasteiger partial charge in [0.15, 0.2) is 0 Å². The molecule has 1 aromatic rings. The predicted octanol–water partition coefficient (Wildman–Crippen LogP) is 5.19. The minimum Gasteiger partial charge on any atom is -0.256 e. The lowest BCUT2D eigenvalue weighted by molar-refractivity contribution is 0.895. The Morgan fingerprint density at radius 2 is 1.94 bits per heavy atom. The lowest BCUT2D eigenvalue weighted by atomic mass is 10.2. The van der Waals surface area contributed by atoms with Crippen LogP contribution < -0.4 is 0 Å². The van der Waals surface area contributed by atoms with E-state index in [1.807, 2.05) is 0 Å². The number of hydrogen-bond donors (Lipinski definition) is 0. The molecule has 1 aromatic carbocycles. The fourth-order valence-electron chi connectivity index (χ4n) is 2.32. The van der Waals surface area contributed by atoms with Crippen molar-refractivity contribution in [1.82, 2.24) is 0 Å². The molecule has 3 heteroatoms. The molecule has 1 aliphatic carbocycles. The maximum Gasteiger partial charge on any atom is 0.109 e. The summed E-state index contributed by atoms with van der Waals surface area (Å²) in [5.74, 6) is 0. The molecule has 18 heavy (non-hydrogen) atoms. The average Bonchev–Trinajstić information content (AvgIpc) is 2.67. The highest BCUT2D eigenvalue weighted by molar-refractivity contribution is 8.29. The van der Waals surface area contributed by atoms with Crippen molar-refractivity contribution in [2.75, 3.05) is 0 Å². The molecule has 1 nitrogen and oxygen atoms in total. The topological polar surface area (TPSA) is 12.4 Å². The van der Waals surface area contributed by atoms with E-state index in [9.17, 15) is 0 Å². The molecule has 0 radical (unpaired) electrons. The zero-order valence-electron chi connectivity index (χ0n) is 11.9. The van der Waals surface area contributed by atoms with E-state index in [2.05, 4.69) is 62.0 Å². The number of rotatable bonds is 3. The monoisotopic (exact) mass is 277 g/mol. The second-order valence-electron chi connectivity index (χ2n) is 6.00. The zero-order valence-corrected chi connectivity index (χ0v) is 13.7. The van der Waals surface area contributed by atoms with Crippen LogP contribution in [0.3, 0.4) is 0 Å². The Hall–Kier alpha value is -0.543. The summed E-state index contributed by atoms with van der Waals surface area (Å²) in [6.07, 6.45) is 3.82. The third kappa shape index (κ3) is 3.72. The van der Waals surface area contributed by atoms with Crippen molar-refractivity contribution in [3.8, 4) is 0 Å². The summed E-state index contributed by atoms with van der Waals surface area (Å²) < 4.78 is 0. The molecule has 1 atom stereocenters. The number of para-hydroxylation sites is 1. The Labute approximate surface area is 116 Å². The third-order valence-corrected chi connectivity index (χ3v) is 7.62. The SMILES string of the molecule is Cc1ccccc1N=C1CCCC1S[Si](C)(C)C. The van der Waals surface area contributed by atoms with Gasteiger partial charge < -0.3 is 0 Å². The maximum atomic E-state index is 4.94. The molecular formula is C15H23NSSi. The van der Waals surface area contributed by atoms with Gasteiger partial charge in [0.25, 0.3) is 0 Å². The fraction of sp³-hybridized carbons (Fsp3) is 0.533. The molecule has 0 aliphatic heterocycles. The largest absolute Gasteiger partial charge is 0.256 e. The molecule has 1 aliphatic rings. The first kappa shape index (κ1) is 13.9. The Kier molecular flexibility index (Phi) is 4.33. The summed E-state index contributed by atoms with van der Waals surface area (Å²) in [6, 6.07) is 8.45. The van der Waals surface area contributed by atoms with Crippen LogP contribution in [-0.2, 0) is 0 Å². The van der Waals surface area contributed by atoms with E-state index in [0.29, 0.717) is 5.25 Å². The van der Waals surface area contributed by atoms with E-state index in [1.165, 1.54) is 30.5 Å². The number of aliphatic imine (C=N–C) groups is 1. The molecule has 0 N–H and O–H groups in total. The van der Waals surface area contributed by atoms with Crippen molar-refractivity contribution >= 4 is 29.8 Å². The normalized spacial score (nSPS) is 22.7. The van der Waals surface area contributed by atoms with Gasteiger partial charge in [-0.2, -0.15) is 11.2 Å². The summed E-state index contributed by atoms with van der Waals surface area (Å²) in [7, 11) is -1.06. The van der Waals surface area contributed by atoms with Gasteiger partial charge in [0.1, 0.15) is 7.22 Å². The maximum absolute atomic E-state index is 4.94. The Bertz CT molecular complexity index is 448. The molecule has 0 saturated heterocycles. The Morgan fingerprint density at radius 3 is 2.61 bits per heavy atom. The van der Waals surface area contributed by atoms with Crippen molar-refractivity contribution in [3.05, 3.63) is 29.8 Å². The molecule has 0 spiro atoms. The van der Waals surface area contributed by atoms with Crippen molar-refractivity contribution in [1.29, 1.82) is 0 Å². The van der Waals surface area contributed by atoms with Gasteiger partial charge in [0.2, 0.25) is 0 Å². The van der Waals surface area contributed by atoms with Gasteiger partial charge in [-0.3, -0.25) is 4.99 Å². The van der Waals surface area contributed by atoms with Crippen LogP contribution in [0.1, 0.15) is 24.8 Å². The minimum atomic E-state index is -1.06. The molecule has 0 amide bonds. The van der Waals surface area contributed by atoms with Crippen molar-refractivity contribution < 1.29 is 0 Å². The second kappa shape index (κ2) is 5.62. The van der Waals surface area contributed by atoms with Gasteiger partial charge in [-0.15, -0.1) is 0 Å². The summed E-state index contributed by atoms with van der Waals surface area (Å²) in [5, 5.41) is 0.677. The third-order valence-electron chi connectivity index (χ3n) is 3.15. The summed E-state index contributed by atoms with van der Waals surface area (Å²) in [6.45, 7) is 9.44. The van der Waals surface area contributed by atoms with E-state index < -0.39 is 7.22 Å². The number of hydrogen-bond acceptors (Lipinski definition) is 2. The second-order valence-corrected chi connectivity index (χ2v) is 15.4. The highest BCUT2D eigenvalue weighted by atomic mass is 32.4. The molecule has 1 unspecified atom stereocenters. The van der Waals surface area contributed by atoms with E-state index in [4.69, 9.17) is 4.99 Å². The van der Waals surface area contributed by atoms with Crippen LogP contribution in [0.15, 0.2) is 29.3 Å². The van der Waals surface area contributed by atoms with E-state index in [0.717, 1.165) is 5.69 Å². The number of benzene rings is 1. The van der Waals surface area contributed by atoms with Crippen LogP contribution in [0, 0.1) is 6.92 Å². The Morgan fingerprint density at radius 1 is 1.22 bits per heavy atom. The number of aryl methyl sites for hydroxylation is 1. The highest BCUT2D eigenvalue weighted by Crippen LogP contribution is 2.35. The van der Waals surface area contributed by atoms with Crippen LogP contribution >= 0.6 is 11.2 Å². The summed E-state index contributed by atoms with van der Waals surface area (Å²) in [4.78, 5) is 4.94. The predicted molar refractivity (Wildman–Crippen MR) is 86.9 cm³/mol. The van der Waals surface area contributed by atoms with Gasteiger partial charge in [0.05, 0.1) is 5.69 Å². The molecule has 98 valence electrons.